The summed E-state index contributed by atoms with van der Waals surface area (Å²) in [6, 6.07) is 3.01. The lowest BCUT2D eigenvalue weighted by Gasteiger charge is -2.24. The minimum Gasteiger partial charge on any atom is -0.478 e. The molecule has 3 N–H and O–H groups in total. The maximum atomic E-state index is 12.2. The molecular weight excluding hydrogens is 308 g/mol. The number of carbonyl (C=O) groups is 2. The number of aromatic carboxylic acids is 1. The number of amides is 1. The highest BCUT2D eigenvalue weighted by Crippen LogP contribution is 2.22. The zero-order chi connectivity index (χ0) is 17.3. The Morgan fingerprint density at radius 3 is 2.14 bits per heavy atom. The lowest BCUT2D eigenvalue weighted by Crippen LogP contribution is -2.51. The third-order valence-electron chi connectivity index (χ3n) is 3.06. The maximum Gasteiger partial charge on any atom is 0.336 e. The summed E-state index contributed by atoms with van der Waals surface area (Å²) in [5.41, 5.74) is 0.308. The zero-order valence-electron chi connectivity index (χ0n) is 13.1. The van der Waals surface area contributed by atoms with Crippen LogP contribution in [0.1, 0.15) is 35.3 Å². The Bertz CT molecular complexity index is 723. The molecule has 0 aromatic heterocycles. The van der Waals surface area contributed by atoms with Crippen molar-refractivity contribution in [3.8, 4) is 0 Å². The van der Waals surface area contributed by atoms with Gasteiger partial charge in [-0.25, -0.2) is 17.9 Å². The number of rotatable bonds is 5. The van der Waals surface area contributed by atoms with Crippen LogP contribution >= 0.6 is 0 Å². The predicted octanol–water partition coefficient (Wildman–Crippen LogP) is 1.27. The van der Waals surface area contributed by atoms with E-state index in [9.17, 15) is 18.0 Å². The lowest BCUT2D eigenvalue weighted by molar-refractivity contribution is -0.120. The molecule has 22 heavy (non-hydrogen) atoms. The van der Waals surface area contributed by atoms with Crippen molar-refractivity contribution in [1.82, 2.24) is 4.72 Å². The number of nitrogens with one attached hydrogen (secondary N) is 2. The second-order valence-corrected chi connectivity index (χ2v) is 7.49. The van der Waals surface area contributed by atoms with E-state index in [-0.39, 0.29) is 5.56 Å². The maximum absolute atomic E-state index is 12.2. The van der Waals surface area contributed by atoms with E-state index in [1.165, 1.54) is 19.9 Å². The van der Waals surface area contributed by atoms with Gasteiger partial charge in [-0.05, 0) is 44.9 Å². The third-order valence-corrected chi connectivity index (χ3v) is 3.94. The molecule has 0 aliphatic rings. The molecule has 7 nitrogen and oxygen atoms in total. The summed E-state index contributed by atoms with van der Waals surface area (Å²) in [5, 5.41) is 11.7. The van der Waals surface area contributed by atoms with Crippen LogP contribution < -0.4 is 10.0 Å². The highest BCUT2D eigenvalue weighted by molar-refractivity contribution is 7.88. The van der Waals surface area contributed by atoms with Crippen LogP contribution in [0, 0.1) is 13.8 Å². The van der Waals surface area contributed by atoms with Crippen LogP contribution in [0.15, 0.2) is 12.1 Å². The normalized spacial score (nSPS) is 12.0. The van der Waals surface area contributed by atoms with Crippen LogP contribution in [0.2, 0.25) is 0 Å². The van der Waals surface area contributed by atoms with Crippen LogP contribution in [-0.4, -0.2) is 37.2 Å². The van der Waals surface area contributed by atoms with E-state index < -0.39 is 27.4 Å². The van der Waals surface area contributed by atoms with Crippen molar-refractivity contribution < 1.29 is 23.1 Å². The zero-order valence-corrected chi connectivity index (χ0v) is 14.0. The molecule has 0 saturated carbocycles. The Balaban J connectivity index is 3.12. The van der Waals surface area contributed by atoms with Gasteiger partial charge in [-0.3, -0.25) is 4.79 Å². The summed E-state index contributed by atoms with van der Waals surface area (Å²) in [4.78, 5) is 23.4. The van der Waals surface area contributed by atoms with Crippen molar-refractivity contribution in [2.75, 3.05) is 11.6 Å². The Labute approximate surface area is 129 Å². The highest BCUT2D eigenvalue weighted by Gasteiger charge is 2.31. The number of carboxylic acids is 1. The van der Waals surface area contributed by atoms with Crippen LogP contribution in [0.25, 0.3) is 0 Å². The summed E-state index contributed by atoms with van der Waals surface area (Å²) in [5.74, 6) is -1.68. The molecule has 0 fully saturated rings. The first-order valence-electron chi connectivity index (χ1n) is 6.48. The van der Waals surface area contributed by atoms with E-state index in [2.05, 4.69) is 10.0 Å². The Hall–Kier alpha value is -1.93. The van der Waals surface area contributed by atoms with Gasteiger partial charge in [0.1, 0.15) is 5.54 Å². The lowest BCUT2D eigenvalue weighted by atomic mass is 10.0. The molecular formula is C14H20N2O5S. The molecule has 1 aromatic carbocycles. The number of anilines is 1. The number of sulfonamides is 1. The molecule has 1 aromatic rings. The van der Waals surface area contributed by atoms with Crippen molar-refractivity contribution in [1.29, 1.82) is 0 Å². The molecule has 0 heterocycles. The molecule has 0 bridgehead atoms. The topological polar surface area (TPSA) is 113 Å². The molecule has 0 saturated heterocycles. The van der Waals surface area contributed by atoms with Crippen molar-refractivity contribution in [3.63, 3.8) is 0 Å². The monoisotopic (exact) mass is 328 g/mol. The molecule has 0 radical (unpaired) electrons. The summed E-state index contributed by atoms with van der Waals surface area (Å²) < 4.78 is 24.8. The fraction of sp³-hybridized carbons (Fsp3) is 0.429. The molecule has 0 atom stereocenters. The Kier molecular flexibility index (Phi) is 4.99. The molecule has 0 spiro atoms. The SMILES string of the molecule is Cc1cc(C)c(C(=O)O)cc1NC(=O)C(C)(C)NS(C)(=O)=O. The number of carbonyl (C=O) groups excluding carboxylic acids is 1. The van der Waals surface area contributed by atoms with Crippen molar-refractivity contribution in [3.05, 3.63) is 28.8 Å². The van der Waals surface area contributed by atoms with Gasteiger partial charge in [-0.15, -0.1) is 0 Å². The van der Waals surface area contributed by atoms with E-state index in [1.807, 2.05) is 0 Å². The van der Waals surface area contributed by atoms with Crippen molar-refractivity contribution in [2.24, 2.45) is 0 Å². The van der Waals surface area contributed by atoms with E-state index in [0.29, 0.717) is 16.8 Å². The smallest absolute Gasteiger partial charge is 0.336 e. The number of hydrogen-bond acceptors (Lipinski definition) is 4. The fourth-order valence-corrected chi connectivity index (χ4v) is 3.03. The van der Waals surface area contributed by atoms with Gasteiger partial charge in [-0.1, -0.05) is 6.07 Å². The van der Waals surface area contributed by atoms with E-state index in [0.717, 1.165) is 6.26 Å². The molecule has 1 amide bonds. The van der Waals surface area contributed by atoms with Gasteiger partial charge in [0, 0.05) is 5.69 Å². The predicted molar refractivity (Wildman–Crippen MR) is 83.6 cm³/mol. The van der Waals surface area contributed by atoms with E-state index in [4.69, 9.17) is 5.11 Å². The molecule has 0 unspecified atom stereocenters. The van der Waals surface area contributed by atoms with Crippen molar-refractivity contribution >= 4 is 27.6 Å². The Morgan fingerprint density at radius 2 is 1.68 bits per heavy atom. The minimum atomic E-state index is -3.56. The second kappa shape index (κ2) is 6.05. The molecule has 8 heteroatoms. The van der Waals surface area contributed by atoms with E-state index >= 15 is 0 Å². The van der Waals surface area contributed by atoms with Gasteiger partial charge < -0.3 is 10.4 Å². The van der Waals surface area contributed by atoms with Gasteiger partial charge in [0.25, 0.3) is 0 Å². The van der Waals surface area contributed by atoms with Crippen LogP contribution in [0.3, 0.4) is 0 Å². The summed E-state index contributed by atoms with van der Waals surface area (Å²) in [7, 11) is -3.56. The van der Waals surface area contributed by atoms with Crippen LogP contribution in [0.4, 0.5) is 5.69 Å². The van der Waals surface area contributed by atoms with Crippen LogP contribution in [0.5, 0.6) is 0 Å². The summed E-state index contributed by atoms with van der Waals surface area (Å²) >= 11 is 0. The first-order chi connectivity index (χ1) is 9.83. The number of hydrogen-bond donors (Lipinski definition) is 3. The average molecular weight is 328 g/mol. The van der Waals surface area contributed by atoms with Gasteiger partial charge in [0.15, 0.2) is 0 Å². The minimum absolute atomic E-state index is 0.0785. The van der Waals surface area contributed by atoms with E-state index in [1.54, 1.807) is 19.9 Å². The standard InChI is InChI=1S/C14H20N2O5S/c1-8-6-9(2)11(7-10(8)12(17)18)15-13(19)14(3,4)16-22(5,20)21/h6-7,16H,1-5H3,(H,15,19)(H,17,18). The van der Waals surface area contributed by atoms with Crippen LogP contribution in [-0.2, 0) is 14.8 Å². The molecule has 0 aliphatic carbocycles. The molecule has 122 valence electrons. The van der Waals surface area contributed by atoms with Gasteiger partial charge in [-0.2, -0.15) is 0 Å². The molecule has 0 aliphatic heterocycles. The highest BCUT2D eigenvalue weighted by atomic mass is 32.2. The number of carboxylic acid groups (broad SMARTS) is 1. The third kappa shape index (κ3) is 4.54. The van der Waals surface area contributed by atoms with Crippen molar-refractivity contribution in [2.45, 2.75) is 33.2 Å². The quantitative estimate of drug-likeness (QED) is 0.753. The largest absolute Gasteiger partial charge is 0.478 e. The number of benzene rings is 1. The Morgan fingerprint density at radius 1 is 1.14 bits per heavy atom. The fourth-order valence-electron chi connectivity index (χ4n) is 2.01. The van der Waals surface area contributed by atoms with Gasteiger partial charge in [0.2, 0.25) is 15.9 Å². The first kappa shape index (κ1) is 18.1. The molecule has 1 rings (SSSR count). The number of aryl methyl sites for hydroxylation is 2. The average Bonchev–Trinajstić information content (AvgIpc) is 2.28. The van der Waals surface area contributed by atoms with Gasteiger partial charge >= 0.3 is 5.97 Å². The second-order valence-electron chi connectivity index (χ2n) is 5.74. The van der Waals surface area contributed by atoms with Gasteiger partial charge in [0.05, 0.1) is 11.8 Å². The summed E-state index contributed by atoms with van der Waals surface area (Å²) in [6.07, 6.45) is 0.960. The summed E-state index contributed by atoms with van der Waals surface area (Å²) in [6.45, 7) is 6.23. The first-order valence-corrected chi connectivity index (χ1v) is 8.37.